The van der Waals surface area contributed by atoms with Gasteiger partial charge in [-0.3, -0.25) is 9.59 Å². The number of hydrogen-bond acceptors (Lipinski definition) is 4. The molecule has 0 fully saturated rings. The van der Waals surface area contributed by atoms with Crippen LogP contribution in [0.2, 0.25) is 0 Å². The third-order valence-corrected chi connectivity index (χ3v) is 5.15. The smallest absolute Gasteiger partial charge is 0.384 e. The molecule has 13 heteroatoms. The van der Waals surface area contributed by atoms with Gasteiger partial charge in [-0.1, -0.05) is 12.1 Å². The number of unbranched alkanes of at least 4 members (excludes halogenated alkanes) is 1. The van der Waals surface area contributed by atoms with E-state index in [-0.39, 0.29) is 24.2 Å². The first-order valence-electron chi connectivity index (χ1n) is 11.2. The van der Waals surface area contributed by atoms with Crippen molar-refractivity contribution in [3.63, 3.8) is 0 Å². The second-order valence-corrected chi connectivity index (χ2v) is 8.01. The molecule has 3 aromatic rings. The number of amides is 2. The number of carbonyl (C=O) groups excluding carboxylic acids is 2. The van der Waals surface area contributed by atoms with E-state index >= 15 is 0 Å². The van der Waals surface area contributed by atoms with Crippen molar-refractivity contribution in [3.05, 3.63) is 77.8 Å². The van der Waals surface area contributed by atoms with Crippen LogP contribution in [0.15, 0.2) is 60.7 Å². The Hall–Kier alpha value is -4.16. The van der Waals surface area contributed by atoms with Gasteiger partial charge in [0.2, 0.25) is 11.8 Å². The number of benzene rings is 2. The molecule has 0 aliphatic rings. The highest BCUT2D eigenvalue weighted by Crippen LogP contribution is 2.39. The van der Waals surface area contributed by atoms with Crippen LogP contribution in [-0.2, 0) is 21.9 Å². The maximum Gasteiger partial charge on any atom is 0.433 e. The fraction of sp³-hybridized carbons (Fsp3) is 0.240. The number of nitrogens with zero attached hydrogens (tertiary/aromatic N) is 1. The first-order chi connectivity index (χ1) is 17.8. The van der Waals surface area contributed by atoms with Gasteiger partial charge in [0.05, 0.1) is 11.1 Å². The van der Waals surface area contributed by atoms with Crippen molar-refractivity contribution in [3.8, 4) is 0 Å². The minimum atomic E-state index is -4.95. The van der Waals surface area contributed by atoms with E-state index in [1.165, 1.54) is 18.2 Å². The van der Waals surface area contributed by atoms with Crippen LogP contribution in [-0.4, -0.2) is 29.9 Å². The lowest BCUT2D eigenvalue weighted by Crippen LogP contribution is -2.23. The molecular formula is C25H21F7N4O2. The molecule has 3 N–H and O–H groups in total. The first kappa shape index (κ1) is 28.4. The van der Waals surface area contributed by atoms with E-state index in [0.29, 0.717) is 30.7 Å². The Labute approximate surface area is 211 Å². The lowest BCUT2D eigenvalue weighted by Gasteiger charge is -2.16. The van der Waals surface area contributed by atoms with Crippen molar-refractivity contribution >= 4 is 34.1 Å². The van der Waals surface area contributed by atoms with Crippen molar-refractivity contribution in [1.29, 1.82) is 0 Å². The maximum atomic E-state index is 13.3. The summed E-state index contributed by atoms with van der Waals surface area (Å²) < 4.78 is 92.7. The molecule has 0 aliphatic heterocycles. The number of anilines is 2. The van der Waals surface area contributed by atoms with Crippen LogP contribution in [0.3, 0.4) is 0 Å². The van der Waals surface area contributed by atoms with Crippen molar-refractivity contribution in [2.45, 2.75) is 25.2 Å². The van der Waals surface area contributed by atoms with Gasteiger partial charge in [-0.25, -0.2) is 9.37 Å². The van der Waals surface area contributed by atoms with Gasteiger partial charge >= 0.3 is 12.4 Å². The summed E-state index contributed by atoms with van der Waals surface area (Å²) >= 11 is 0. The van der Waals surface area contributed by atoms with Crippen LogP contribution in [0.25, 0.3) is 10.9 Å². The summed E-state index contributed by atoms with van der Waals surface area (Å²) in [5.41, 5.74) is -3.33. The Kier molecular flexibility index (Phi) is 8.92. The maximum absolute atomic E-state index is 13.3. The second kappa shape index (κ2) is 11.9. The molecule has 0 saturated carbocycles. The summed E-state index contributed by atoms with van der Waals surface area (Å²) in [5.74, 6) is -1.64. The van der Waals surface area contributed by atoms with Crippen LogP contribution in [0, 0.1) is 5.82 Å². The second-order valence-electron chi connectivity index (χ2n) is 8.01. The van der Waals surface area contributed by atoms with Crippen LogP contribution in [0.4, 0.5) is 42.1 Å². The topological polar surface area (TPSA) is 83.1 Å². The summed E-state index contributed by atoms with van der Waals surface area (Å²) in [5, 5.41) is 7.58. The lowest BCUT2D eigenvalue weighted by atomic mass is 10.1. The molecule has 202 valence electrons. The normalized spacial score (nSPS) is 12.1. The van der Waals surface area contributed by atoms with Crippen LogP contribution < -0.4 is 16.0 Å². The van der Waals surface area contributed by atoms with E-state index in [9.17, 15) is 40.3 Å². The molecule has 6 nitrogen and oxygen atoms in total. The summed E-state index contributed by atoms with van der Waals surface area (Å²) in [6, 6.07) is 8.69. The molecule has 2 aromatic carbocycles. The number of alkyl halides is 6. The Morgan fingerprint density at radius 2 is 1.50 bits per heavy atom. The zero-order valence-corrected chi connectivity index (χ0v) is 19.5. The quantitative estimate of drug-likeness (QED) is 0.178. The van der Waals surface area contributed by atoms with Gasteiger partial charge in [0.1, 0.15) is 11.5 Å². The van der Waals surface area contributed by atoms with Crippen molar-refractivity contribution in [1.82, 2.24) is 10.3 Å². The third kappa shape index (κ3) is 7.92. The van der Waals surface area contributed by atoms with E-state index in [1.54, 1.807) is 0 Å². The molecule has 0 saturated heterocycles. The lowest BCUT2D eigenvalue weighted by molar-refractivity contribution is -0.142. The Morgan fingerprint density at radius 1 is 0.842 bits per heavy atom. The standard InChI is InChI=1S/C25H21F7N4O2/c26-15-6-8-16(9-7-15)35-22(38)11-10-21(37)34-13-2-1-12-33-19-14-20(25(30,31)32)36-23-17(19)4-3-5-18(23)24(27,28)29/h3-11,14H,1-2,12-13H2,(H,33,36)(H,34,37)(H,35,38)/b11-10+. The molecule has 0 spiro atoms. The largest absolute Gasteiger partial charge is 0.433 e. The van der Waals surface area contributed by atoms with Gasteiger partial charge in [0, 0.05) is 42.0 Å². The molecule has 0 unspecified atom stereocenters. The number of hydrogen-bond donors (Lipinski definition) is 3. The molecule has 3 rings (SSSR count). The molecule has 1 heterocycles. The number of halogens is 7. The Balaban J connectivity index is 1.52. The number of rotatable bonds is 9. The highest BCUT2D eigenvalue weighted by Gasteiger charge is 2.37. The molecule has 0 radical (unpaired) electrons. The van der Waals surface area contributed by atoms with Gasteiger partial charge in [-0.2, -0.15) is 26.3 Å². The SMILES string of the molecule is O=C(/C=C/C(=O)Nc1ccc(F)cc1)NCCCCNc1cc(C(F)(F)F)nc2c(C(F)(F)F)cccc12. The highest BCUT2D eigenvalue weighted by molar-refractivity contribution is 6.03. The molecular weight excluding hydrogens is 521 g/mol. The number of nitrogens with one attached hydrogen (secondary N) is 3. The number of aromatic nitrogens is 1. The average Bonchev–Trinajstić information content (AvgIpc) is 2.84. The number of pyridine rings is 1. The van der Waals surface area contributed by atoms with Gasteiger partial charge < -0.3 is 16.0 Å². The van der Waals surface area contributed by atoms with Crippen LogP contribution >= 0.6 is 0 Å². The van der Waals surface area contributed by atoms with Crippen molar-refractivity contribution in [2.75, 3.05) is 23.7 Å². The fourth-order valence-corrected chi connectivity index (χ4v) is 3.38. The summed E-state index contributed by atoms with van der Waals surface area (Å²) in [6.45, 7) is 0.284. The fourth-order valence-electron chi connectivity index (χ4n) is 3.38. The molecule has 38 heavy (non-hydrogen) atoms. The predicted octanol–water partition coefficient (Wildman–Crippen LogP) is 5.91. The zero-order chi connectivity index (χ0) is 27.9. The third-order valence-electron chi connectivity index (χ3n) is 5.15. The van der Waals surface area contributed by atoms with E-state index in [2.05, 4.69) is 20.9 Å². The Bertz CT molecular complexity index is 1320. The zero-order valence-electron chi connectivity index (χ0n) is 19.5. The van der Waals surface area contributed by atoms with E-state index in [1.807, 2.05) is 0 Å². The molecule has 0 bridgehead atoms. The van der Waals surface area contributed by atoms with Gasteiger partial charge in [-0.15, -0.1) is 0 Å². The monoisotopic (exact) mass is 542 g/mol. The van der Waals surface area contributed by atoms with Gasteiger partial charge in [-0.05, 0) is 49.2 Å². The first-order valence-corrected chi connectivity index (χ1v) is 11.2. The van der Waals surface area contributed by atoms with Crippen LogP contribution in [0.1, 0.15) is 24.1 Å². The molecule has 1 aromatic heterocycles. The minimum Gasteiger partial charge on any atom is -0.384 e. The Morgan fingerprint density at radius 3 is 2.16 bits per heavy atom. The highest BCUT2D eigenvalue weighted by atomic mass is 19.4. The predicted molar refractivity (Wildman–Crippen MR) is 127 cm³/mol. The van der Waals surface area contributed by atoms with E-state index < -0.39 is 46.8 Å². The number of para-hydroxylation sites is 1. The van der Waals surface area contributed by atoms with Crippen molar-refractivity contribution in [2.24, 2.45) is 0 Å². The van der Waals surface area contributed by atoms with Crippen molar-refractivity contribution < 1.29 is 40.3 Å². The number of fused-ring (bicyclic) bond motifs is 1. The molecule has 0 aliphatic carbocycles. The van der Waals surface area contributed by atoms with E-state index in [0.717, 1.165) is 30.4 Å². The van der Waals surface area contributed by atoms with Gasteiger partial charge in [0.15, 0.2) is 0 Å². The summed E-state index contributed by atoms with van der Waals surface area (Å²) in [7, 11) is 0. The number of carbonyl (C=O) groups is 2. The summed E-state index contributed by atoms with van der Waals surface area (Å²) in [4.78, 5) is 26.9. The van der Waals surface area contributed by atoms with E-state index in [4.69, 9.17) is 0 Å². The molecule has 0 atom stereocenters. The summed E-state index contributed by atoms with van der Waals surface area (Å²) in [6.07, 6.45) is -7.10. The molecule has 2 amide bonds. The average molecular weight is 542 g/mol. The van der Waals surface area contributed by atoms with Gasteiger partial charge in [0.25, 0.3) is 0 Å². The minimum absolute atomic E-state index is 0.106. The van der Waals surface area contributed by atoms with Crippen LogP contribution in [0.5, 0.6) is 0 Å².